The average Bonchev–Trinajstić information content (AvgIpc) is 3.51. The lowest BCUT2D eigenvalue weighted by Crippen LogP contribution is -2.29. The van der Waals surface area contributed by atoms with Gasteiger partial charge in [0.15, 0.2) is 6.61 Å². The molecule has 160 valence electrons. The Labute approximate surface area is 190 Å². The third-order valence-corrected chi connectivity index (χ3v) is 6.77. The fraction of sp³-hybridized carbons (Fsp3) is 0.250. The third kappa shape index (κ3) is 5.83. The minimum Gasteiger partial charge on any atom is -0.452 e. The first-order valence-corrected chi connectivity index (χ1v) is 12.1. The molecule has 1 amide bonds. The standard InChI is InChI=1S/C24H24N2O3S2/c27-23(25-18-8-10-19(11-9-18)26-12-2-1-3-13-26)17-29-24(28)21(22-7-5-15-31-22)16-20-6-4-14-30-20/h4-11,14-16H,1-3,12-13,17H2,(H,25,27)/b21-16+. The predicted octanol–water partition coefficient (Wildman–Crippen LogP) is 5.52. The van der Waals surface area contributed by atoms with Crippen LogP contribution in [0.2, 0.25) is 0 Å². The molecule has 0 unspecified atom stereocenters. The van der Waals surface area contributed by atoms with E-state index in [-0.39, 0.29) is 12.5 Å². The van der Waals surface area contributed by atoms with Gasteiger partial charge in [-0.05, 0) is 72.5 Å². The van der Waals surface area contributed by atoms with Crippen molar-refractivity contribution in [3.8, 4) is 0 Å². The van der Waals surface area contributed by atoms with Gasteiger partial charge in [-0.15, -0.1) is 22.7 Å². The Morgan fingerprint density at radius 1 is 0.968 bits per heavy atom. The van der Waals surface area contributed by atoms with Crippen LogP contribution in [0, 0.1) is 0 Å². The van der Waals surface area contributed by atoms with Crippen LogP contribution in [0.5, 0.6) is 0 Å². The smallest absolute Gasteiger partial charge is 0.340 e. The molecule has 1 aliphatic heterocycles. The van der Waals surface area contributed by atoms with Crippen LogP contribution in [0.25, 0.3) is 11.6 Å². The van der Waals surface area contributed by atoms with E-state index in [9.17, 15) is 9.59 Å². The number of ether oxygens (including phenoxy) is 1. The summed E-state index contributed by atoms with van der Waals surface area (Å²) in [4.78, 5) is 29.1. The molecule has 2 aromatic heterocycles. The highest BCUT2D eigenvalue weighted by Gasteiger charge is 2.17. The van der Waals surface area contributed by atoms with E-state index in [1.54, 1.807) is 17.4 Å². The summed E-state index contributed by atoms with van der Waals surface area (Å²) in [6, 6.07) is 15.4. The number of hydrogen-bond donors (Lipinski definition) is 1. The second-order valence-electron chi connectivity index (χ2n) is 7.27. The number of hydrogen-bond acceptors (Lipinski definition) is 6. The zero-order valence-corrected chi connectivity index (χ0v) is 18.7. The number of nitrogens with zero attached hydrogens (tertiary/aromatic N) is 1. The van der Waals surface area contributed by atoms with Crippen LogP contribution in [0.15, 0.2) is 59.3 Å². The topological polar surface area (TPSA) is 58.6 Å². The van der Waals surface area contributed by atoms with Gasteiger partial charge in [0.05, 0.1) is 5.57 Å². The maximum Gasteiger partial charge on any atom is 0.340 e. The van der Waals surface area contributed by atoms with E-state index in [1.165, 1.54) is 36.3 Å². The molecule has 3 aromatic rings. The lowest BCUT2D eigenvalue weighted by Gasteiger charge is -2.28. The third-order valence-electron chi connectivity index (χ3n) is 5.04. The van der Waals surface area contributed by atoms with Crippen LogP contribution in [-0.2, 0) is 14.3 Å². The number of benzene rings is 1. The Morgan fingerprint density at radius 3 is 2.39 bits per heavy atom. The first-order chi connectivity index (χ1) is 15.2. The van der Waals surface area contributed by atoms with Crippen molar-refractivity contribution in [2.24, 2.45) is 0 Å². The lowest BCUT2D eigenvalue weighted by molar-refractivity contribution is -0.141. The first kappa shape index (κ1) is 21.3. The number of thiophene rings is 2. The number of carbonyl (C=O) groups is 2. The highest BCUT2D eigenvalue weighted by atomic mass is 32.1. The molecule has 0 radical (unpaired) electrons. The van der Waals surface area contributed by atoms with Crippen molar-refractivity contribution in [2.45, 2.75) is 19.3 Å². The van der Waals surface area contributed by atoms with Crippen molar-refractivity contribution < 1.29 is 14.3 Å². The number of anilines is 2. The highest BCUT2D eigenvalue weighted by Crippen LogP contribution is 2.26. The average molecular weight is 453 g/mol. The van der Waals surface area contributed by atoms with E-state index >= 15 is 0 Å². The first-order valence-electron chi connectivity index (χ1n) is 10.3. The fourth-order valence-electron chi connectivity index (χ4n) is 3.49. The number of amides is 1. The van der Waals surface area contributed by atoms with E-state index in [4.69, 9.17) is 4.74 Å². The summed E-state index contributed by atoms with van der Waals surface area (Å²) in [6.07, 6.45) is 5.53. The molecule has 1 aliphatic rings. The van der Waals surface area contributed by atoms with E-state index in [0.717, 1.165) is 22.8 Å². The summed E-state index contributed by atoms with van der Waals surface area (Å²) in [7, 11) is 0. The molecule has 3 heterocycles. The Kier molecular flexibility index (Phi) is 7.17. The molecule has 0 atom stereocenters. The largest absolute Gasteiger partial charge is 0.452 e. The van der Waals surface area contributed by atoms with E-state index in [0.29, 0.717) is 11.3 Å². The molecular formula is C24H24N2O3S2. The van der Waals surface area contributed by atoms with E-state index in [1.807, 2.05) is 59.3 Å². The van der Waals surface area contributed by atoms with Crippen LogP contribution in [0.1, 0.15) is 29.0 Å². The van der Waals surface area contributed by atoms with Crippen LogP contribution < -0.4 is 10.2 Å². The zero-order chi connectivity index (χ0) is 21.5. The molecule has 0 spiro atoms. The van der Waals surface area contributed by atoms with E-state index < -0.39 is 5.97 Å². The van der Waals surface area contributed by atoms with Crippen molar-refractivity contribution in [3.63, 3.8) is 0 Å². The van der Waals surface area contributed by atoms with Gasteiger partial charge in [0.25, 0.3) is 5.91 Å². The van der Waals surface area contributed by atoms with Gasteiger partial charge < -0.3 is 15.0 Å². The summed E-state index contributed by atoms with van der Waals surface area (Å²) in [6.45, 7) is 1.82. The molecule has 7 heteroatoms. The van der Waals surface area contributed by atoms with Gasteiger partial charge in [-0.1, -0.05) is 12.1 Å². The number of carbonyl (C=O) groups excluding carboxylic acids is 2. The van der Waals surface area contributed by atoms with Crippen LogP contribution in [0.4, 0.5) is 11.4 Å². The van der Waals surface area contributed by atoms with Crippen molar-refractivity contribution in [1.82, 2.24) is 0 Å². The van der Waals surface area contributed by atoms with Crippen molar-refractivity contribution in [3.05, 3.63) is 69.0 Å². The fourth-order valence-corrected chi connectivity index (χ4v) is 4.88. The minimum absolute atomic E-state index is 0.333. The number of piperidine rings is 1. The minimum atomic E-state index is -0.508. The summed E-state index contributed by atoms with van der Waals surface area (Å²) < 4.78 is 5.31. The summed E-state index contributed by atoms with van der Waals surface area (Å²) >= 11 is 3.00. The molecule has 0 aliphatic carbocycles. The number of nitrogens with one attached hydrogen (secondary N) is 1. The Hall–Kier alpha value is -2.90. The van der Waals surface area contributed by atoms with Crippen molar-refractivity contribution >= 4 is 57.6 Å². The van der Waals surface area contributed by atoms with Gasteiger partial charge in [0.1, 0.15) is 0 Å². The SMILES string of the molecule is O=C(COC(=O)/C(=C/c1cccs1)c1cccs1)Nc1ccc(N2CCCCC2)cc1. The van der Waals surface area contributed by atoms with Crippen molar-refractivity contribution in [1.29, 1.82) is 0 Å². The molecular weight excluding hydrogens is 428 g/mol. The van der Waals surface area contributed by atoms with Gasteiger partial charge >= 0.3 is 5.97 Å². The molecule has 1 aromatic carbocycles. The molecule has 1 N–H and O–H groups in total. The van der Waals surface area contributed by atoms with Crippen LogP contribution in [-0.4, -0.2) is 31.6 Å². The van der Waals surface area contributed by atoms with Gasteiger partial charge in [-0.2, -0.15) is 0 Å². The zero-order valence-electron chi connectivity index (χ0n) is 17.1. The summed E-state index contributed by atoms with van der Waals surface area (Å²) in [5.74, 6) is -0.868. The van der Waals surface area contributed by atoms with Gasteiger partial charge in [0, 0.05) is 34.2 Å². The highest BCUT2D eigenvalue weighted by molar-refractivity contribution is 7.12. The molecule has 1 saturated heterocycles. The summed E-state index contributed by atoms with van der Waals surface area (Å²) in [5.41, 5.74) is 2.31. The van der Waals surface area contributed by atoms with Gasteiger partial charge in [-0.25, -0.2) is 4.79 Å². The van der Waals surface area contributed by atoms with Crippen LogP contribution in [0.3, 0.4) is 0 Å². The van der Waals surface area contributed by atoms with Crippen LogP contribution >= 0.6 is 22.7 Å². The van der Waals surface area contributed by atoms with Gasteiger partial charge in [-0.3, -0.25) is 4.79 Å². The second kappa shape index (κ2) is 10.4. The molecule has 31 heavy (non-hydrogen) atoms. The maximum absolute atomic E-state index is 12.7. The Morgan fingerprint density at radius 2 is 1.71 bits per heavy atom. The van der Waals surface area contributed by atoms with Gasteiger partial charge in [0.2, 0.25) is 0 Å². The molecule has 0 bridgehead atoms. The van der Waals surface area contributed by atoms with E-state index in [2.05, 4.69) is 10.2 Å². The number of rotatable bonds is 7. The molecule has 0 saturated carbocycles. The lowest BCUT2D eigenvalue weighted by atomic mass is 10.1. The molecule has 4 rings (SSSR count). The normalized spacial score (nSPS) is 14.3. The molecule has 1 fully saturated rings. The quantitative estimate of drug-likeness (QED) is 0.379. The van der Waals surface area contributed by atoms with Crippen molar-refractivity contribution in [2.75, 3.05) is 29.9 Å². The number of esters is 1. The second-order valence-corrected chi connectivity index (χ2v) is 9.20. The Balaban J connectivity index is 1.33. The maximum atomic E-state index is 12.7. The monoisotopic (exact) mass is 452 g/mol. The predicted molar refractivity (Wildman–Crippen MR) is 129 cm³/mol. The molecule has 5 nitrogen and oxygen atoms in total. The Bertz CT molecular complexity index is 1020. The summed E-state index contributed by atoms with van der Waals surface area (Å²) in [5, 5.41) is 6.66.